The standard InChI is InChI=1S/C10H13NO2.C10H14S.C7H12O2.C7H16S.C6H13N.2C6H12O2.C6H12.C5H10F2.C5H11F.C5H12.C3H8O/c1-8(2)7-9-5-3-4-6-10(9)11(12)13;1-9(2)8-11-10-6-4-3-5-7-10;1-4-5-9-7(8)6(2)3;1-5-8-7(4)6(2)3;1-5(2)7-6(3)4;2*1-4-8-6(7)5(2)3;1-4-5-6(2)3;1-4(2)5(3,6)7;1-4(2)5(3)6;1-4-5(2)3;1-3-4-2/h3-6,8H,7H2,1-2H3;3-7,9H,8H2,1-2H3;4,6H,1,5H2,2-3H3;6-7H,5H2,1-4H3;5H,1-4H3;2*5H,4H2,1-3H3;4,6H,1,5H2,2-3H3;4H,1-3H3;4-5H,1-3H3;5H,4H2,1-3H3;3H2,1-2H3. The number of nitrogens with zero attached hydrogens (tertiary/aromatic N) is 2. The molecule has 0 fully saturated rings. The number of halogens is 3. The number of alkyl halides is 3. The molecule has 0 bridgehead atoms. The zero-order valence-electron chi connectivity index (χ0n) is 65.2. The van der Waals surface area contributed by atoms with Crippen LogP contribution >= 0.6 is 23.5 Å². The van der Waals surface area contributed by atoms with E-state index in [-0.39, 0.29) is 52.2 Å². The molecule has 0 aliphatic carbocycles. The van der Waals surface area contributed by atoms with Gasteiger partial charge in [0.15, 0.2) is 0 Å². The Balaban J connectivity index is -0.000000101. The summed E-state index contributed by atoms with van der Waals surface area (Å²) in [5.41, 5.74) is 2.22. The Morgan fingerprint density at radius 1 is 0.609 bits per heavy atom. The highest BCUT2D eigenvalue weighted by molar-refractivity contribution is 7.99. The van der Waals surface area contributed by atoms with E-state index < -0.39 is 18.0 Å². The number of carbonyl (C=O) groups excluding carboxylic acids is 3. The van der Waals surface area contributed by atoms with Crippen molar-refractivity contribution in [2.24, 2.45) is 64.2 Å². The summed E-state index contributed by atoms with van der Waals surface area (Å²) < 4.78 is 54.1. The first-order valence-electron chi connectivity index (χ1n) is 33.5. The van der Waals surface area contributed by atoms with Gasteiger partial charge in [0.25, 0.3) is 5.69 Å². The Morgan fingerprint density at radius 2 is 0.989 bits per heavy atom. The van der Waals surface area contributed by atoms with Crippen LogP contribution in [0.25, 0.3) is 0 Å². The largest absolute Gasteiger partial charge is 0.466 e. The summed E-state index contributed by atoms with van der Waals surface area (Å²) in [6.45, 7) is 71.6. The highest BCUT2D eigenvalue weighted by Gasteiger charge is 2.25. The SMILES string of the molecule is C=CCC(C)C.C=CCOC(=O)C(C)C.CC(C)=NC(C)C.CC(C)C(C)(F)F.CC(C)C(C)F.CC(C)CSc1ccccc1.CC(C)Cc1ccccc1[N+](=O)[O-].CCC(C)C.CCOC.CCOC(=O)C(C)C.CCOC(=O)C(C)C.CCSC(C)C(C)C. The summed E-state index contributed by atoms with van der Waals surface area (Å²) in [6.07, 6.45) is 6.06. The first-order chi connectivity index (χ1) is 42.3. The average Bonchev–Trinajstić information content (AvgIpc) is 1.46. The van der Waals surface area contributed by atoms with Crippen molar-refractivity contribution in [2.75, 3.05) is 45.0 Å². The Bertz CT molecular complexity index is 1920. The molecule has 0 aromatic heterocycles. The molecule has 0 amide bonds. The number of allylic oxidation sites excluding steroid dienone is 1. The minimum Gasteiger partial charge on any atom is -0.466 e. The maximum Gasteiger partial charge on any atom is 0.308 e. The van der Waals surface area contributed by atoms with Crippen LogP contribution in [-0.2, 0) is 39.8 Å². The number of rotatable bonds is 23. The molecule has 0 heterocycles. The number of nitro benzene ring substituents is 1. The lowest BCUT2D eigenvalue weighted by Crippen LogP contribution is -2.17. The van der Waals surface area contributed by atoms with Crippen molar-refractivity contribution in [3.05, 3.63) is 95.6 Å². The summed E-state index contributed by atoms with van der Waals surface area (Å²) in [4.78, 5) is 47.5. The van der Waals surface area contributed by atoms with E-state index in [0.29, 0.717) is 31.8 Å². The van der Waals surface area contributed by atoms with E-state index in [2.05, 4.69) is 167 Å². The van der Waals surface area contributed by atoms with Crippen molar-refractivity contribution in [3.63, 3.8) is 0 Å². The lowest BCUT2D eigenvalue weighted by molar-refractivity contribution is -0.385. The molecule has 0 spiro atoms. The fourth-order valence-electron chi connectivity index (χ4n) is 4.31. The van der Waals surface area contributed by atoms with Crippen LogP contribution in [-0.4, -0.2) is 97.0 Å². The molecule has 11 nitrogen and oxygen atoms in total. The number of benzene rings is 2. The molecule has 0 aliphatic rings. The predicted molar refractivity (Wildman–Crippen MR) is 402 cm³/mol. The first-order valence-corrected chi connectivity index (χ1v) is 35.6. The van der Waals surface area contributed by atoms with Gasteiger partial charge in [0.05, 0.1) is 42.1 Å². The van der Waals surface area contributed by atoms with E-state index in [1.54, 1.807) is 59.9 Å². The zero-order chi connectivity index (χ0) is 74.7. The molecule has 2 atom stereocenters. The molecule has 16 heteroatoms. The molecule has 2 aromatic carbocycles. The van der Waals surface area contributed by atoms with E-state index in [1.165, 1.54) is 36.7 Å². The number of esters is 3. The van der Waals surface area contributed by atoms with Gasteiger partial charge in [0, 0.05) is 58.9 Å². The molecule has 2 rings (SSSR count). The fraction of sp³-hybridized carbons (Fsp3) is 0.737. The van der Waals surface area contributed by atoms with E-state index in [0.717, 1.165) is 66.6 Å². The maximum absolute atomic E-state index is 11.8. The van der Waals surface area contributed by atoms with Gasteiger partial charge < -0.3 is 18.9 Å². The second-order valence-electron chi connectivity index (χ2n) is 25.3. The van der Waals surface area contributed by atoms with Crippen LogP contribution in [0, 0.1) is 69.3 Å². The molecule has 0 aliphatic heterocycles. The zero-order valence-corrected chi connectivity index (χ0v) is 66.8. The van der Waals surface area contributed by atoms with Crippen molar-refractivity contribution >= 4 is 52.8 Å². The normalized spacial score (nSPS) is 10.7. The number of carbonyl (C=O) groups is 3. The molecule has 0 N–H and O–H groups in total. The molecular formula is C76H145F3N2O9S2. The van der Waals surface area contributed by atoms with Gasteiger partial charge in [-0.2, -0.15) is 11.8 Å². The van der Waals surface area contributed by atoms with Gasteiger partial charge in [-0.1, -0.05) is 221 Å². The molecule has 0 radical (unpaired) electrons. The lowest BCUT2D eigenvalue weighted by Gasteiger charge is -2.12. The monoisotopic (exact) mass is 1350 g/mol. The van der Waals surface area contributed by atoms with Crippen molar-refractivity contribution < 1.29 is 51.4 Å². The highest BCUT2D eigenvalue weighted by Crippen LogP contribution is 2.23. The first kappa shape index (κ1) is 109. The minimum atomic E-state index is -2.50. The molecule has 2 unspecified atom stereocenters. The number of hydrogen-bond acceptors (Lipinski definition) is 12. The molecule has 92 heavy (non-hydrogen) atoms. The van der Waals surface area contributed by atoms with Crippen molar-refractivity contribution in [1.29, 1.82) is 0 Å². The predicted octanol–water partition coefficient (Wildman–Crippen LogP) is 23.9. The Morgan fingerprint density at radius 3 is 1.18 bits per heavy atom. The Kier molecular flexibility index (Phi) is 90.2. The van der Waals surface area contributed by atoms with Gasteiger partial charge in [-0.3, -0.25) is 29.5 Å². The van der Waals surface area contributed by atoms with Gasteiger partial charge in [0.2, 0.25) is 5.92 Å². The Hall–Kier alpha value is -4.15. The topological polar surface area (TPSA) is 144 Å². The number of ether oxygens (including phenoxy) is 4. The fourth-order valence-corrected chi connectivity index (χ4v) is 6.10. The van der Waals surface area contributed by atoms with Crippen LogP contribution in [0.5, 0.6) is 0 Å². The number of methoxy groups -OCH3 is 1. The van der Waals surface area contributed by atoms with Crippen LogP contribution in [0.2, 0.25) is 0 Å². The van der Waals surface area contributed by atoms with Crippen LogP contribution in [0.3, 0.4) is 0 Å². The second-order valence-corrected chi connectivity index (χ2v) is 28.0. The van der Waals surface area contributed by atoms with E-state index in [9.17, 15) is 37.7 Å². The summed E-state index contributed by atoms with van der Waals surface area (Å²) in [5, 5.41) is 11.4. The Labute approximate surface area is 575 Å². The number of aliphatic imine (C=N–C) groups is 1. The van der Waals surface area contributed by atoms with Crippen molar-refractivity contribution in [2.45, 2.75) is 269 Å². The van der Waals surface area contributed by atoms with Gasteiger partial charge in [0.1, 0.15) is 6.61 Å². The maximum atomic E-state index is 11.8. The third-order valence-corrected chi connectivity index (χ3v) is 13.9. The van der Waals surface area contributed by atoms with Crippen molar-refractivity contribution in [3.8, 4) is 0 Å². The lowest BCUT2D eigenvalue weighted by atomic mass is 10.0. The second kappa shape index (κ2) is 75.9. The molecule has 0 saturated carbocycles. The molecular weight excluding hydrogens is 1210 g/mol. The molecule has 0 saturated heterocycles. The number of para-hydroxylation sites is 1. The van der Waals surface area contributed by atoms with Gasteiger partial charge in [-0.25, -0.2) is 13.2 Å². The van der Waals surface area contributed by atoms with Crippen molar-refractivity contribution in [1.82, 2.24) is 0 Å². The summed E-state index contributed by atoms with van der Waals surface area (Å²) in [5.74, 6) is 2.91. The van der Waals surface area contributed by atoms with E-state index >= 15 is 0 Å². The quantitative estimate of drug-likeness (QED) is 0.0199. The third-order valence-electron chi connectivity index (χ3n) is 11.0. The van der Waals surface area contributed by atoms with Crippen LogP contribution in [0.1, 0.15) is 240 Å². The average molecular weight is 1350 g/mol. The van der Waals surface area contributed by atoms with Gasteiger partial charge in [-0.05, 0) is 129 Å². The van der Waals surface area contributed by atoms with Crippen LogP contribution in [0.15, 0.2) is 89.8 Å². The number of nitro groups is 1. The van der Waals surface area contributed by atoms with Crippen LogP contribution < -0.4 is 0 Å². The summed E-state index contributed by atoms with van der Waals surface area (Å²) in [6, 6.07) is 17.9. The summed E-state index contributed by atoms with van der Waals surface area (Å²) >= 11 is 3.97. The third kappa shape index (κ3) is 105. The van der Waals surface area contributed by atoms with E-state index in [4.69, 9.17) is 4.74 Å². The van der Waals surface area contributed by atoms with Gasteiger partial charge >= 0.3 is 17.9 Å². The number of thioether (sulfide) groups is 2. The summed E-state index contributed by atoms with van der Waals surface area (Å²) in [7, 11) is 1.68. The molecule has 2 aromatic rings. The van der Waals surface area contributed by atoms with Crippen LogP contribution in [0.4, 0.5) is 18.9 Å². The minimum absolute atomic E-state index is 0.00921. The van der Waals surface area contributed by atoms with E-state index in [1.807, 2.05) is 104 Å². The molecule has 546 valence electrons. The van der Waals surface area contributed by atoms with Gasteiger partial charge in [-0.15, -0.1) is 18.3 Å². The smallest absolute Gasteiger partial charge is 0.308 e. The number of hydrogen-bond donors (Lipinski definition) is 0. The highest BCUT2D eigenvalue weighted by atomic mass is 32.2.